The predicted octanol–water partition coefficient (Wildman–Crippen LogP) is 3.13. The Labute approximate surface area is 113 Å². The number of benzene rings is 1. The second-order valence-electron chi connectivity index (χ2n) is 3.73. The maximum absolute atomic E-state index is 5.68. The smallest absolute Gasteiger partial charge is 0.194 e. The number of halogens is 1. The summed E-state index contributed by atoms with van der Waals surface area (Å²) in [5.74, 6) is 1.56. The van der Waals surface area contributed by atoms with Crippen LogP contribution in [0.2, 0.25) is 0 Å². The van der Waals surface area contributed by atoms with Crippen LogP contribution in [-0.4, -0.2) is 14.8 Å². The predicted molar refractivity (Wildman–Crippen MR) is 71.6 cm³/mol. The maximum Gasteiger partial charge on any atom is 0.194 e. The fourth-order valence-electron chi connectivity index (χ4n) is 1.37. The average molecular weight is 314 g/mol. The largest absolute Gasteiger partial charge is 0.484 e. The fraction of sp³-hybridized carbons (Fsp3) is 0.273. The van der Waals surface area contributed by atoms with E-state index in [1.54, 1.807) is 4.57 Å². The minimum Gasteiger partial charge on any atom is -0.484 e. The minimum atomic E-state index is 0.380. The van der Waals surface area contributed by atoms with E-state index in [0.717, 1.165) is 16.0 Å². The molecule has 0 fully saturated rings. The molecule has 0 saturated heterocycles. The number of aryl methyl sites for hydroxylation is 1. The molecule has 0 unspecified atom stereocenters. The molecule has 90 valence electrons. The normalized spacial score (nSPS) is 10.5. The summed E-state index contributed by atoms with van der Waals surface area (Å²) in [5.41, 5.74) is 1.18. The van der Waals surface area contributed by atoms with Crippen LogP contribution in [0.15, 0.2) is 22.7 Å². The minimum absolute atomic E-state index is 0.380. The number of hydrogen-bond acceptors (Lipinski definition) is 3. The summed E-state index contributed by atoms with van der Waals surface area (Å²) in [7, 11) is 1.86. The summed E-state index contributed by atoms with van der Waals surface area (Å²) >= 11 is 8.49. The molecule has 1 aromatic carbocycles. The van der Waals surface area contributed by atoms with Gasteiger partial charge in [0.05, 0.1) is 4.47 Å². The van der Waals surface area contributed by atoms with Gasteiger partial charge < -0.3 is 9.30 Å². The van der Waals surface area contributed by atoms with Crippen LogP contribution in [0.5, 0.6) is 5.75 Å². The van der Waals surface area contributed by atoms with Crippen molar-refractivity contribution >= 4 is 28.1 Å². The van der Waals surface area contributed by atoms with Crippen LogP contribution in [0, 0.1) is 11.7 Å². The van der Waals surface area contributed by atoms with Gasteiger partial charge in [-0.3, -0.25) is 5.10 Å². The molecule has 17 heavy (non-hydrogen) atoms. The lowest BCUT2D eigenvalue weighted by Gasteiger charge is -2.08. The second kappa shape index (κ2) is 5.01. The van der Waals surface area contributed by atoms with E-state index in [-0.39, 0.29) is 0 Å². The third-order valence-corrected chi connectivity index (χ3v) is 3.40. The van der Waals surface area contributed by atoms with E-state index in [0.29, 0.717) is 11.4 Å². The lowest BCUT2D eigenvalue weighted by atomic mass is 10.2. The fourth-order valence-corrected chi connectivity index (χ4v) is 2.13. The third-order valence-electron chi connectivity index (χ3n) is 2.42. The van der Waals surface area contributed by atoms with E-state index in [1.807, 2.05) is 32.2 Å². The standard InChI is InChI=1S/C11H12BrN3OS/c1-7-3-4-9(8(12)5-7)16-6-10-13-14-11(17)15(10)2/h3-5H,6H2,1-2H3,(H,14,17). The number of aromatic nitrogens is 3. The van der Waals surface area contributed by atoms with E-state index in [4.69, 9.17) is 17.0 Å². The first kappa shape index (κ1) is 12.3. The summed E-state index contributed by atoms with van der Waals surface area (Å²) < 4.78 is 8.99. The van der Waals surface area contributed by atoms with Crippen molar-refractivity contribution in [2.24, 2.45) is 7.05 Å². The van der Waals surface area contributed by atoms with Crippen molar-refractivity contribution in [1.29, 1.82) is 0 Å². The van der Waals surface area contributed by atoms with Gasteiger partial charge in [-0.25, -0.2) is 0 Å². The van der Waals surface area contributed by atoms with E-state index in [2.05, 4.69) is 26.1 Å². The summed E-state index contributed by atoms with van der Waals surface area (Å²) in [6.45, 7) is 2.41. The number of ether oxygens (including phenoxy) is 1. The van der Waals surface area contributed by atoms with Crippen LogP contribution in [0.3, 0.4) is 0 Å². The summed E-state index contributed by atoms with van der Waals surface area (Å²) in [6.07, 6.45) is 0. The van der Waals surface area contributed by atoms with Crippen LogP contribution in [-0.2, 0) is 13.7 Å². The molecule has 0 bridgehead atoms. The van der Waals surface area contributed by atoms with Crippen LogP contribution in [0.1, 0.15) is 11.4 Å². The van der Waals surface area contributed by atoms with Gasteiger partial charge >= 0.3 is 0 Å². The van der Waals surface area contributed by atoms with Gasteiger partial charge in [-0.2, -0.15) is 5.10 Å². The Morgan fingerprint density at radius 3 is 2.88 bits per heavy atom. The molecular weight excluding hydrogens is 302 g/mol. The highest BCUT2D eigenvalue weighted by molar-refractivity contribution is 9.10. The molecule has 0 spiro atoms. The van der Waals surface area contributed by atoms with Crippen molar-refractivity contribution in [2.75, 3.05) is 0 Å². The van der Waals surface area contributed by atoms with Crippen molar-refractivity contribution in [1.82, 2.24) is 14.8 Å². The first-order chi connectivity index (χ1) is 8.08. The summed E-state index contributed by atoms with van der Waals surface area (Å²) in [4.78, 5) is 0. The molecule has 0 aliphatic carbocycles. The molecule has 2 rings (SSSR count). The molecular formula is C11H12BrN3OS. The van der Waals surface area contributed by atoms with Crippen molar-refractivity contribution in [3.8, 4) is 5.75 Å². The van der Waals surface area contributed by atoms with Gasteiger partial charge in [-0.1, -0.05) is 6.07 Å². The highest BCUT2D eigenvalue weighted by Gasteiger charge is 2.05. The van der Waals surface area contributed by atoms with Gasteiger partial charge in [-0.05, 0) is 52.8 Å². The van der Waals surface area contributed by atoms with Gasteiger partial charge in [-0.15, -0.1) is 0 Å². The number of hydrogen-bond donors (Lipinski definition) is 1. The molecule has 0 amide bonds. The van der Waals surface area contributed by atoms with Crippen LogP contribution < -0.4 is 4.74 Å². The highest BCUT2D eigenvalue weighted by atomic mass is 79.9. The second-order valence-corrected chi connectivity index (χ2v) is 4.97. The zero-order chi connectivity index (χ0) is 12.4. The number of nitrogens with one attached hydrogen (secondary N) is 1. The van der Waals surface area contributed by atoms with Gasteiger partial charge in [0.1, 0.15) is 12.4 Å². The number of rotatable bonds is 3. The van der Waals surface area contributed by atoms with Crippen molar-refractivity contribution in [2.45, 2.75) is 13.5 Å². The van der Waals surface area contributed by atoms with Gasteiger partial charge in [0.2, 0.25) is 0 Å². The Bertz CT molecular complexity index is 591. The molecule has 0 aliphatic heterocycles. The Kier molecular flexibility index (Phi) is 3.63. The molecule has 0 atom stereocenters. The van der Waals surface area contributed by atoms with E-state index >= 15 is 0 Å². The number of aromatic amines is 1. The Morgan fingerprint density at radius 2 is 2.29 bits per heavy atom. The Morgan fingerprint density at radius 1 is 1.53 bits per heavy atom. The lowest BCUT2D eigenvalue weighted by Crippen LogP contribution is -2.03. The first-order valence-electron chi connectivity index (χ1n) is 5.07. The molecule has 6 heteroatoms. The Hall–Kier alpha value is -1.14. The van der Waals surface area contributed by atoms with E-state index < -0.39 is 0 Å². The van der Waals surface area contributed by atoms with Crippen molar-refractivity contribution < 1.29 is 4.74 Å². The zero-order valence-corrected chi connectivity index (χ0v) is 11.9. The molecule has 1 N–H and O–H groups in total. The monoisotopic (exact) mass is 313 g/mol. The maximum atomic E-state index is 5.68. The van der Waals surface area contributed by atoms with E-state index in [1.165, 1.54) is 5.56 Å². The average Bonchev–Trinajstić information content (AvgIpc) is 2.59. The SMILES string of the molecule is Cc1ccc(OCc2n[nH]c(=S)n2C)c(Br)c1. The Balaban J connectivity index is 2.12. The molecule has 1 heterocycles. The summed E-state index contributed by atoms with van der Waals surface area (Å²) in [6, 6.07) is 5.95. The van der Waals surface area contributed by atoms with Crippen molar-refractivity contribution in [3.63, 3.8) is 0 Å². The molecule has 0 radical (unpaired) electrons. The lowest BCUT2D eigenvalue weighted by molar-refractivity contribution is 0.289. The van der Waals surface area contributed by atoms with E-state index in [9.17, 15) is 0 Å². The van der Waals surface area contributed by atoms with Gasteiger partial charge in [0.15, 0.2) is 10.6 Å². The van der Waals surface area contributed by atoms with Gasteiger partial charge in [0.25, 0.3) is 0 Å². The third kappa shape index (κ3) is 2.76. The molecule has 0 aliphatic rings. The molecule has 1 aromatic heterocycles. The molecule has 0 saturated carbocycles. The molecule has 4 nitrogen and oxygen atoms in total. The van der Waals surface area contributed by atoms with Crippen LogP contribution >= 0.6 is 28.1 Å². The molecule has 2 aromatic rings. The topological polar surface area (TPSA) is 42.8 Å². The zero-order valence-electron chi connectivity index (χ0n) is 9.53. The van der Waals surface area contributed by atoms with Crippen LogP contribution in [0.4, 0.5) is 0 Å². The highest BCUT2D eigenvalue weighted by Crippen LogP contribution is 2.26. The summed E-state index contributed by atoms with van der Waals surface area (Å²) in [5, 5.41) is 6.80. The quantitative estimate of drug-likeness (QED) is 0.885. The number of nitrogens with zero attached hydrogens (tertiary/aromatic N) is 2. The van der Waals surface area contributed by atoms with Crippen molar-refractivity contribution in [3.05, 3.63) is 38.8 Å². The van der Waals surface area contributed by atoms with Crippen LogP contribution in [0.25, 0.3) is 0 Å². The number of H-pyrrole nitrogens is 1. The first-order valence-corrected chi connectivity index (χ1v) is 6.27. The van der Waals surface area contributed by atoms with Gasteiger partial charge in [0, 0.05) is 7.05 Å².